The van der Waals surface area contributed by atoms with Crippen LogP contribution in [0.4, 0.5) is 4.39 Å². The molecule has 27 heavy (non-hydrogen) atoms. The second-order valence-corrected chi connectivity index (χ2v) is 5.59. The number of hydrogen-bond acceptors (Lipinski definition) is 4. The third kappa shape index (κ3) is 6.07. The number of ether oxygens (including phenoxy) is 1. The maximum atomic E-state index is 13.2. The standard InChI is InChI=1S/C20H19FN2O4/c1-14(24)22-13-18(25)23-17(12-21)20(26)27-19(15-8-4-2-5-9-15)16-10-6-3-7-11-16/h2-12,19H,13H2,1H3,(H,22,24)(H,23,25)/b17-12-. The lowest BCUT2D eigenvalue weighted by molar-refractivity contribution is -0.144. The highest BCUT2D eigenvalue weighted by Gasteiger charge is 2.22. The minimum atomic E-state index is -1.04. The number of carbonyl (C=O) groups is 3. The van der Waals surface area contributed by atoms with Crippen molar-refractivity contribution in [1.82, 2.24) is 10.6 Å². The lowest BCUT2D eigenvalue weighted by Crippen LogP contribution is -2.37. The van der Waals surface area contributed by atoms with Crippen LogP contribution in [0.2, 0.25) is 0 Å². The first kappa shape index (κ1) is 19.8. The van der Waals surface area contributed by atoms with Crippen molar-refractivity contribution >= 4 is 17.8 Å². The fourth-order valence-electron chi connectivity index (χ4n) is 2.28. The number of rotatable bonds is 7. The van der Waals surface area contributed by atoms with Gasteiger partial charge >= 0.3 is 5.97 Å². The van der Waals surface area contributed by atoms with Gasteiger partial charge < -0.3 is 15.4 Å². The summed E-state index contributed by atoms with van der Waals surface area (Å²) in [6.45, 7) is 0.846. The van der Waals surface area contributed by atoms with Gasteiger partial charge in [-0.05, 0) is 11.1 Å². The third-order valence-electron chi connectivity index (χ3n) is 3.53. The van der Waals surface area contributed by atoms with Gasteiger partial charge in [0.05, 0.1) is 6.54 Å². The second kappa shape index (κ2) is 9.86. The van der Waals surface area contributed by atoms with Gasteiger partial charge in [0.1, 0.15) is 6.33 Å². The maximum Gasteiger partial charge on any atom is 0.358 e. The molecule has 0 heterocycles. The normalized spacial score (nSPS) is 11.0. The predicted molar refractivity (Wildman–Crippen MR) is 96.8 cm³/mol. The van der Waals surface area contributed by atoms with Crippen molar-refractivity contribution in [2.24, 2.45) is 0 Å². The Labute approximate surface area is 156 Å². The van der Waals surface area contributed by atoms with Crippen LogP contribution in [0.5, 0.6) is 0 Å². The van der Waals surface area contributed by atoms with E-state index in [2.05, 4.69) is 10.6 Å². The van der Waals surface area contributed by atoms with Gasteiger partial charge in [0.25, 0.3) is 0 Å². The monoisotopic (exact) mass is 370 g/mol. The summed E-state index contributed by atoms with van der Waals surface area (Å²) in [7, 11) is 0. The smallest absolute Gasteiger partial charge is 0.358 e. The zero-order valence-electron chi connectivity index (χ0n) is 14.6. The van der Waals surface area contributed by atoms with Crippen molar-refractivity contribution in [3.05, 3.63) is 83.8 Å². The van der Waals surface area contributed by atoms with E-state index in [1.54, 1.807) is 48.5 Å². The van der Waals surface area contributed by atoms with E-state index in [4.69, 9.17) is 4.74 Å². The molecule has 0 bridgehead atoms. The van der Waals surface area contributed by atoms with Gasteiger partial charge in [0.2, 0.25) is 11.8 Å². The number of carbonyl (C=O) groups excluding carboxylic acids is 3. The lowest BCUT2D eigenvalue weighted by atomic mass is 10.0. The van der Waals surface area contributed by atoms with Crippen molar-refractivity contribution < 1.29 is 23.5 Å². The molecule has 0 saturated carbocycles. The quantitative estimate of drug-likeness (QED) is 0.579. The van der Waals surface area contributed by atoms with Crippen molar-refractivity contribution in [1.29, 1.82) is 0 Å². The summed E-state index contributed by atoms with van der Waals surface area (Å²) >= 11 is 0. The van der Waals surface area contributed by atoms with E-state index < -0.39 is 29.6 Å². The summed E-state index contributed by atoms with van der Waals surface area (Å²) in [5.74, 6) is -2.21. The van der Waals surface area contributed by atoms with Gasteiger partial charge in [-0.2, -0.15) is 0 Å². The van der Waals surface area contributed by atoms with Gasteiger partial charge in [-0.1, -0.05) is 60.7 Å². The average molecular weight is 370 g/mol. The molecule has 0 atom stereocenters. The van der Waals surface area contributed by atoms with Gasteiger partial charge in [-0.3, -0.25) is 9.59 Å². The molecule has 2 aromatic rings. The van der Waals surface area contributed by atoms with Crippen LogP contribution in [0.3, 0.4) is 0 Å². The first-order chi connectivity index (χ1) is 13.0. The van der Waals surface area contributed by atoms with Crippen LogP contribution in [-0.2, 0) is 19.1 Å². The fourth-order valence-corrected chi connectivity index (χ4v) is 2.28. The van der Waals surface area contributed by atoms with Gasteiger partial charge in [-0.15, -0.1) is 0 Å². The molecule has 0 aliphatic rings. The lowest BCUT2D eigenvalue weighted by Gasteiger charge is -2.19. The molecule has 2 N–H and O–H groups in total. The minimum Gasteiger partial charge on any atom is -0.448 e. The highest BCUT2D eigenvalue weighted by atomic mass is 19.1. The fraction of sp³-hybridized carbons (Fsp3) is 0.150. The molecule has 0 radical (unpaired) electrons. The van der Waals surface area contributed by atoms with Crippen LogP contribution in [0.1, 0.15) is 24.2 Å². The molecule has 7 heteroatoms. The number of amides is 2. The van der Waals surface area contributed by atoms with Crippen LogP contribution in [0.25, 0.3) is 0 Å². The van der Waals surface area contributed by atoms with Crippen molar-refractivity contribution in [3.8, 4) is 0 Å². The highest BCUT2D eigenvalue weighted by molar-refractivity contribution is 5.95. The molecule has 2 amide bonds. The topological polar surface area (TPSA) is 84.5 Å². The molecule has 0 aliphatic heterocycles. The highest BCUT2D eigenvalue weighted by Crippen LogP contribution is 2.26. The Morgan fingerprint density at radius 2 is 1.52 bits per heavy atom. The van der Waals surface area contributed by atoms with Gasteiger partial charge in [0.15, 0.2) is 11.8 Å². The molecule has 0 aromatic heterocycles. The van der Waals surface area contributed by atoms with E-state index in [1.807, 2.05) is 12.1 Å². The van der Waals surface area contributed by atoms with Crippen LogP contribution in [0, 0.1) is 0 Å². The zero-order chi connectivity index (χ0) is 19.6. The van der Waals surface area contributed by atoms with Gasteiger partial charge in [0, 0.05) is 6.92 Å². The second-order valence-electron chi connectivity index (χ2n) is 5.59. The number of esters is 1. The molecule has 0 fully saturated rings. The largest absolute Gasteiger partial charge is 0.448 e. The SMILES string of the molecule is CC(=O)NCC(=O)N/C(=C\F)C(=O)OC(c1ccccc1)c1ccccc1. The van der Waals surface area contributed by atoms with Crippen molar-refractivity contribution in [2.75, 3.05) is 6.54 Å². The average Bonchev–Trinajstić information content (AvgIpc) is 2.69. The van der Waals surface area contributed by atoms with Gasteiger partial charge in [-0.25, -0.2) is 9.18 Å². The Morgan fingerprint density at radius 3 is 1.96 bits per heavy atom. The molecule has 0 aliphatic carbocycles. The number of halogens is 1. The summed E-state index contributed by atoms with van der Waals surface area (Å²) in [6, 6.07) is 17.9. The maximum absolute atomic E-state index is 13.2. The molecular formula is C20H19FN2O4. The van der Waals surface area contributed by atoms with Crippen LogP contribution in [-0.4, -0.2) is 24.3 Å². The predicted octanol–water partition coefficient (Wildman–Crippen LogP) is 2.38. The summed E-state index contributed by atoms with van der Waals surface area (Å²) in [6.07, 6.45) is -0.816. The summed E-state index contributed by atoms with van der Waals surface area (Å²) in [5.41, 5.74) is 0.738. The van der Waals surface area contributed by atoms with E-state index >= 15 is 0 Å². The first-order valence-corrected chi connectivity index (χ1v) is 8.16. The third-order valence-corrected chi connectivity index (χ3v) is 3.53. The molecule has 0 saturated heterocycles. The van der Waals surface area contributed by atoms with Crippen molar-refractivity contribution in [3.63, 3.8) is 0 Å². The molecule has 0 unspecified atom stereocenters. The molecule has 2 rings (SSSR count). The van der Waals surface area contributed by atoms with Crippen LogP contribution in [0.15, 0.2) is 72.7 Å². The van der Waals surface area contributed by atoms with Crippen molar-refractivity contribution in [2.45, 2.75) is 13.0 Å². The summed E-state index contributed by atoms with van der Waals surface area (Å²) in [5, 5.41) is 4.34. The number of nitrogens with one attached hydrogen (secondary N) is 2. The Hall–Kier alpha value is -3.48. The Balaban J connectivity index is 2.15. The Kier molecular flexibility index (Phi) is 7.25. The Morgan fingerprint density at radius 1 is 1.00 bits per heavy atom. The minimum absolute atomic E-state index is 0.0406. The van der Waals surface area contributed by atoms with E-state index in [-0.39, 0.29) is 12.9 Å². The van der Waals surface area contributed by atoms with E-state index in [0.717, 1.165) is 0 Å². The van der Waals surface area contributed by atoms with Crippen LogP contribution < -0.4 is 10.6 Å². The molecule has 140 valence electrons. The molecule has 0 spiro atoms. The number of benzene rings is 2. The summed E-state index contributed by atoms with van der Waals surface area (Å²) in [4.78, 5) is 34.9. The number of hydrogen-bond donors (Lipinski definition) is 2. The zero-order valence-corrected chi connectivity index (χ0v) is 14.6. The van der Waals surface area contributed by atoms with Crippen LogP contribution >= 0.6 is 0 Å². The molecular weight excluding hydrogens is 351 g/mol. The van der Waals surface area contributed by atoms with E-state index in [9.17, 15) is 18.8 Å². The molecule has 6 nitrogen and oxygen atoms in total. The van der Waals surface area contributed by atoms with E-state index in [0.29, 0.717) is 11.1 Å². The Bertz CT molecular complexity index is 783. The summed E-state index contributed by atoms with van der Waals surface area (Å²) < 4.78 is 18.6. The molecule has 2 aromatic carbocycles. The van der Waals surface area contributed by atoms with E-state index in [1.165, 1.54) is 6.92 Å². The first-order valence-electron chi connectivity index (χ1n) is 8.16.